The number of benzene rings is 3. The summed E-state index contributed by atoms with van der Waals surface area (Å²) in [6, 6.07) is 25.7. The van der Waals surface area contributed by atoms with Gasteiger partial charge in [0.15, 0.2) is 14.3 Å². The lowest BCUT2D eigenvalue weighted by Crippen LogP contribution is -2.39. The van der Waals surface area contributed by atoms with Crippen LogP contribution in [0.1, 0.15) is 131 Å². The minimum atomic E-state index is -0.385. The van der Waals surface area contributed by atoms with Crippen LogP contribution in [0.5, 0.6) is 0 Å². The largest absolute Gasteiger partial charge is 0.365 e. The number of allylic oxidation sites excluding steroid dienone is 2. The van der Waals surface area contributed by atoms with Gasteiger partial charge in [-0.1, -0.05) is 107 Å². The molecule has 1 saturated heterocycles. The molecule has 11 aromatic rings. The highest BCUT2D eigenvalue weighted by atomic mass is 32.1. The van der Waals surface area contributed by atoms with Gasteiger partial charge in [0, 0.05) is 210 Å². The number of anilines is 1. The Labute approximate surface area is 812 Å². The van der Waals surface area contributed by atoms with Gasteiger partial charge in [0.1, 0.15) is 40.7 Å². The number of carbonyl (C=O) groups excluding carboxylic acids is 1. The van der Waals surface area contributed by atoms with Gasteiger partial charge in [-0.2, -0.15) is 0 Å². The number of hydrogen-bond donors (Lipinski definition) is 11. The van der Waals surface area contributed by atoms with Crippen molar-refractivity contribution in [2.24, 2.45) is 114 Å². The summed E-state index contributed by atoms with van der Waals surface area (Å²) in [7, 11) is 12.4. The van der Waals surface area contributed by atoms with E-state index in [-0.39, 0.29) is 96.4 Å². The Kier molecular flexibility index (Phi) is 29.1. The quantitative estimate of drug-likeness (QED) is 0.0369. The molecule has 1 fully saturated rings. The summed E-state index contributed by atoms with van der Waals surface area (Å²) in [5.74, 6) is 3.84. The SMILES string of the molecule is C=C1Cc2cc(C3=Nc4[nH]c(=S)[nH]c(=O)c4C3)ccc2N1.C=C1Cc2ccc(C3=Nc4[nH]c(=S)[nH]c(=O)c4C3)cc2C1.CC(C)[C@H](N)C1=Nc2c(c(=O)n(C)c(=O)n2C)C1.CCCC1=Nc2c(c(=O)n(C)c(=O)n2C)C1.Cn1c2c(c(=O)n(C)c1=O)CC(CCN1C(=O)CCC1=S)=N2.Cn1c2c(c(=O)n(C)c1=O)CC([C@@H](N)Cc1ccccc1)=N2.N[C@@H](Cc1ccc[nH]1)C1=Nc2[nH]c(=S)[nH]c(=O)c2C1. The fourth-order valence-electron chi connectivity index (χ4n) is 17.7. The predicted molar refractivity (Wildman–Crippen MR) is 551 cm³/mol. The Hall–Kier alpha value is -14.6. The van der Waals surface area contributed by atoms with E-state index in [9.17, 15) is 57.5 Å². The number of hydrogen-bond acceptors (Lipinski definition) is 27. The maximum absolute atomic E-state index is 12.2. The molecule has 3 aromatic carbocycles. The zero-order valence-electron chi connectivity index (χ0n) is 78.5. The summed E-state index contributed by atoms with van der Waals surface area (Å²) in [6.07, 6.45) is 12.8. The van der Waals surface area contributed by atoms with Crippen LogP contribution in [0.15, 0.2) is 197 Å². The molecule has 8 aromatic heterocycles. The number of nitrogens with zero attached hydrogens (tertiary/aromatic N) is 16. The summed E-state index contributed by atoms with van der Waals surface area (Å²) in [5.41, 5.74) is 37.0. The molecule has 720 valence electrons. The molecule has 10 aliphatic rings. The maximum Gasteiger partial charge on any atom is 0.332 e. The second-order valence-electron chi connectivity index (χ2n) is 35.6. The molecule has 0 radical (unpaired) electrons. The van der Waals surface area contributed by atoms with Gasteiger partial charge in [0.2, 0.25) is 5.91 Å². The van der Waals surface area contributed by atoms with Crippen molar-refractivity contribution < 1.29 is 4.79 Å². The average molecular weight is 1960 g/mol. The maximum atomic E-state index is 12.2. The fourth-order valence-corrected chi connectivity index (χ4v) is 18.6. The van der Waals surface area contributed by atoms with Gasteiger partial charge in [-0.3, -0.25) is 89.8 Å². The summed E-state index contributed by atoms with van der Waals surface area (Å²) >= 11 is 20.1. The number of nitrogens with one attached hydrogen (secondary N) is 8. The number of carbonyl (C=O) groups is 1. The van der Waals surface area contributed by atoms with Gasteiger partial charge in [-0.05, 0) is 132 Å². The Morgan fingerprint density at radius 1 is 0.417 bits per heavy atom. The third kappa shape index (κ3) is 20.8. The zero-order chi connectivity index (χ0) is 99.9. The van der Waals surface area contributed by atoms with E-state index in [0.717, 1.165) is 124 Å². The van der Waals surface area contributed by atoms with Crippen molar-refractivity contribution in [2.75, 3.05) is 11.9 Å². The van der Waals surface area contributed by atoms with Crippen molar-refractivity contribution in [1.82, 2.24) is 76.3 Å². The van der Waals surface area contributed by atoms with Crippen LogP contribution in [0.2, 0.25) is 0 Å². The highest BCUT2D eigenvalue weighted by Gasteiger charge is 2.34. The number of aliphatic imine (C=N–C) groups is 7. The van der Waals surface area contributed by atoms with E-state index < -0.39 is 0 Å². The Bertz CT molecular complexity index is 7990. The van der Waals surface area contributed by atoms with Gasteiger partial charge in [-0.25, -0.2) is 54.1 Å². The molecule has 0 spiro atoms. The Balaban J connectivity index is 0.000000123. The molecule has 43 heteroatoms. The minimum Gasteiger partial charge on any atom is -0.365 e. The molecule has 21 rings (SSSR count). The monoisotopic (exact) mass is 1960 g/mol. The smallest absolute Gasteiger partial charge is 0.332 e. The van der Waals surface area contributed by atoms with Crippen LogP contribution >= 0.6 is 48.9 Å². The fraction of sp³-hybridized carbons (Fsp3) is 0.344. The van der Waals surface area contributed by atoms with Crippen molar-refractivity contribution in [2.45, 2.75) is 148 Å². The third-order valence-electron chi connectivity index (χ3n) is 25.5. The number of aromatic nitrogens is 15. The molecule has 1 amide bonds. The minimum absolute atomic E-state index is 0.0458. The standard InChI is InChI=1S/C16H18N4O2.C16H13N3OS.C15H12N4OS.C14H16N4O3S.C12H13N5OS.C12H18N4O2.C11H15N3O2/c1-19-14-11(15(21)20(2)16(19)22)9-13(18-14)12(17)8-10-6-4-3-5-7-10;1-8-4-9-2-3-10(6-11(9)5-8)13-7-12-14(17-13)18-16(21)19-15(12)20;1-7-4-9-5-8(2-3-11(9)16-7)12-6-10-13(17-12)18-15(21)19-14(10)20;1-16-12-9(13(20)17(2)14(16)21)7-8(15-12)5-6-18-10(19)3-4-11(18)22;13-8(4-6-2-1-3-14-6)9-5-7-10(15-9)16-12(19)17-11(7)18;1-6(2)9(13)8-5-7-10(14-8)15(3)12(18)16(4)11(7)17;1-4-5-7-6-8-9(12-7)13(2)11(16)14(3)10(8)15/h3-7,12H,8-9,17H2,1-2H3;2-3,6H,1,4-5,7H2,(H2,18,19,20,21);2-3,5,16H,1,4,6H2,(H2,18,19,20,21);3-7H2,1-2H3;1-3,8,14H,4-5,13H2,(H2,16,17,18,19);6,9H,5,13H2,1-4H3;4-6H2,1-3H3/t12-;;;;8-;9-;/m0...00./s1. The number of H-pyrrole nitrogens is 7. The molecule has 1 aliphatic carbocycles. The van der Waals surface area contributed by atoms with Crippen molar-refractivity contribution in [1.29, 1.82) is 0 Å². The van der Waals surface area contributed by atoms with Crippen LogP contribution in [-0.4, -0.2) is 152 Å². The first-order valence-corrected chi connectivity index (χ1v) is 46.6. The first-order valence-electron chi connectivity index (χ1n) is 45.0. The third-order valence-corrected chi connectivity index (χ3v) is 26.5. The van der Waals surface area contributed by atoms with E-state index in [4.69, 9.17) is 66.1 Å². The second-order valence-corrected chi connectivity index (χ2v) is 37.3. The van der Waals surface area contributed by atoms with E-state index in [1.165, 1.54) is 68.7 Å². The van der Waals surface area contributed by atoms with Crippen molar-refractivity contribution in [3.8, 4) is 0 Å². The molecule has 9 aliphatic heterocycles. The van der Waals surface area contributed by atoms with Gasteiger partial charge in [-0.15, -0.1) is 0 Å². The number of nitrogens with two attached hydrogens (primary N) is 3. The van der Waals surface area contributed by atoms with E-state index in [1.807, 2.05) is 74.6 Å². The molecule has 0 unspecified atom stereocenters. The zero-order valence-corrected chi connectivity index (χ0v) is 81.7. The summed E-state index contributed by atoms with van der Waals surface area (Å²) < 4.78 is 11.0. The molecule has 39 nitrogen and oxygen atoms in total. The summed E-state index contributed by atoms with van der Waals surface area (Å²) in [4.78, 5) is 196. The Morgan fingerprint density at radius 2 is 0.849 bits per heavy atom. The number of amides is 1. The van der Waals surface area contributed by atoms with Crippen LogP contribution in [-0.2, 0) is 138 Å². The molecule has 139 heavy (non-hydrogen) atoms. The van der Waals surface area contributed by atoms with E-state index in [0.29, 0.717) is 178 Å². The van der Waals surface area contributed by atoms with Crippen molar-refractivity contribution >= 4 is 146 Å². The lowest BCUT2D eigenvalue weighted by Gasteiger charge is -2.15. The molecular weight excluding hydrogens is 1850 g/mol. The molecule has 17 heterocycles. The van der Waals surface area contributed by atoms with Gasteiger partial charge in [0.25, 0.3) is 38.9 Å². The molecule has 3 atom stereocenters. The molecule has 14 N–H and O–H groups in total. The number of fused-ring (bicyclic) bond motifs is 9. The van der Waals surface area contributed by atoms with Gasteiger partial charge in [0.05, 0.1) is 55.4 Å². The summed E-state index contributed by atoms with van der Waals surface area (Å²) in [5, 5.41) is 3.24. The molecule has 0 bridgehead atoms. The van der Waals surface area contributed by atoms with E-state index in [2.05, 4.69) is 119 Å². The first kappa shape index (κ1) is 98.9. The van der Waals surface area contributed by atoms with E-state index >= 15 is 0 Å². The van der Waals surface area contributed by atoms with Crippen molar-refractivity contribution in [3.63, 3.8) is 0 Å². The van der Waals surface area contributed by atoms with Crippen LogP contribution in [0.25, 0.3) is 0 Å². The lowest BCUT2D eigenvalue weighted by molar-refractivity contribution is -0.125. The van der Waals surface area contributed by atoms with Crippen LogP contribution < -0.4 is 84.2 Å². The normalized spacial score (nSPS) is 15.4. The van der Waals surface area contributed by atoms with E-state index in [1.54, 1.807) is 33.1 Å². The van der Waals surface area contributed by atoms with Crippen LogP contribution in [0.3, 0.4) is 0 Å². The average Bonchev–Trinajstić information content (AvgIpc) is 1.59. The van der Waals surface area contributed by atoms with Crippen LogP contribution in [0.4, 0.5) is 46.4 Å². The second kappa shape index (κ2) is 41.0. The topological polar surface area (TPSA) is 535 Å². The van der Waals surface area contributed by atoms with Crippen molar-refractivity contribution in [3.05, 3.63) is 316 Å². The van der Waals surface area contributed by atoms with Gasteiger partial charge >= 0.3 is 22.8 Å². The highest BCUT2D eigenvalue weighted by molar-refractivity contribution is 7.80. The molecule has 0 saturated carbocycles. The number of thiocarbonyl (C=S) groups is 1. The number of aromatic amines is 7. The van der Waals surface area contributed by atoms with Crippen LogP contribution in [0, 0.1) is 20.2 Å². The van der Waals surface area contributed by atoms with Gasteiger partial charge < -0.3 is 47.4 Å². The molecular formula is C96H105N27O12S4. The first-order chi connectivity index (χ1) is 66.1. The predicted octanol–water partition coefficient (Wildman–Crippen LogP) is 6.86. The lowest BCUT2D eigenvalue weighted by atomic mass is 9.97. The summed E-state index contributed by atoms with van der Waals surface area (Å²) in [6.45, 7) is 14.6. The number of likely N-dealkylation sites (tertiary alicyclic amines) is 1. The number of rotatable bonds is 15. The Morgan fingerprint density at radius 3 is 1.33 bits per heavy atom. The highest BCUT2D eigenvalue weighted by Crippen LogP contribution is 2.35.